The molecule has 0 aromatic carbocycles. The molecule has 2 aliphatic heterocycles. The molecule has 0 saturated carbocycles. The summed E-state index contributed by atoms with van der Waals surface area (Å²) in [7, 11) is -1.65. The Bertz CT molecular complexity index is 1080. The standard InChI is InChI=1S/C19H33BN2O9P2S/c1-5-32(3,34)30-12-6-16(20)28-15(12)10-27-33(4,26)31-13-7-17(29-14(13)9-23)22-8-11(2)18(24)21-19(22)25/h8,12-17,23H,5-7,9-10,20H2,1-4H3,(H,21,24,25). The van der Waals surface area contributed by atoms with Crippen molar-refractivity contribution in [3.8, 4) is 0 Å². The molecular formula is C19H33BN2O9P2S. The number of aliphatic hydroxyl groups is 1. The van der Waals surface area contributed by atoms with Crippen LogP contribution in [0.4, 0.5) is 0 Å². The molecule has 2 fully saturated rings. The van der Waals surface area contributed by atoms with Crippen LogP contribution >= 0.6 is 13.9 Å². The molecule has 0 aliphatic carbocycles. The highest BCUT2D eigenvalue weighted by molar-refractivity contribution is 8.11. The summed E-state index contributed by atoms with van der Waals surface area (Å²) in [5.74, 6) is 0. The number of hydrogen-bond donors (Lipinski definition) is 2. The third kappa shape index (κ3) is 6.99. The van der Waals surface area contributed by atoms with Crippen LogP contribution in [0.3, 0.4) is 0 Å². The van der Waals surface area contributed by atoms with Gasteiger partial charge in [-0.1, -0.05) is 18.7 Å². The third-order valence-electron chi connectivity index (χ3n) is 5.94. The molecule has 11 nitrogen and oxygen atoms in total. The highest BCUT2D eigenvalue weighted by Crippen LogP contribution is 2.50. The smallest absolute Gasteiger partial charge is 0.330 e. The fraction of sp³-hybridized carbons (Fsp3) is 0.789. The van der Waals surface area contributed by atoms with Crippen molar-refractivity contribution in [3.05, 3.63) is 32.6 Å². The summed E-state index contributed by atoms with van der Waals surface area (Å²) in [6, 6.07) is -0.0375. The van der Waals surface area contributed by atoms with Gasteiger partial charge in [0.25, 0.3) is 5.56 Å². The maximum Gasteiger partial charge on any atom is 0.330 e. The SMILES string of the molecule is BC1CC(OP(C)(=S)CC)C(COP(C)(=O)OC2CC(n3cc(C)c(=O)[nH]c3=O)OC2CO)O1. The molecule has 3 rings (SSSR count). The van der Waals surface area contributed by atoms with Gasteiger partial charge < -0.3 is 28.2 Å². The predicted molar refractivity (Wildman–Crippen MR) is 133 cm³/mol. The number of ether oxygens (including phenoxy) is 2. The zero-order valence-electron chi connectivity index (χ0n) is 20.0. The van der Waals surface area contributed by atoms with Crippen LogP contribution in [0.1, 0.15) is 31.6 Å². The minimum Gasteiger partial charge on any atom is -0.394 e. The Labute approximate surface area is 204 Å². The van der Waals surface area contributed by atoms with Crippen LogP contribution < -0.4 is 11.2 Å². The number of rotatable bonds is 10. The molecule has 2 N–H and O–H groups in total. The lowest BCUT2D eigenvalue weighted by molar-refractivity contribution is -0.0452. The molecule has 2 aliphatic rings. The second kappa shape index (κ2) is 11.2. The highest BCUT2D eigenvalue weighted by atomic mass is 32.4. The largest absolute Gasteiger partial charge is 0.394 e. The van der Waals surface area contributed by atoms with E-state index >= 15 is 0 Å². The summed E-state index contributed by atoms with van der Waals surface area (Å²) >= 11 is 5.56. The molecule has 0 bridgehead atoms. The van der Waals surface area contributed by atoms with Crippen molar-refractivity contribution in [2.24, 2.45) is 0 Å². The van der Waals surface area contributed by atoms with Crippen molar-refractivity contribution in [1.82, 2.24) is 9.55 Å². The topological polar surface area (TPSA) is 138 Å². The Morgan fingerprint density at radius 2 is 1.91 bits per heavy atom. The van der Waals surface area contributed by atoms with E-state index < -0.39 is 56.3 Å². The van der Waals surface area contributed by atoms with Gasteiger partial charge in [0.15, 0.2) is 0 Å². The van der Waals surface area contributed by atoms with Crippen LogP contribution in [0.25, 0.3) is 0 Å². The first-order chi connectivity index (χ1) is 15.8. The zero-order valence-corrected chi connectivity index (χ0v) is 22.6. The number of nitrogens with one attached hydrogen (secondary N) is 1. The molecule has 0 amide bonds. The zero-order chi connectivity index (χ0) is 25.3. The fourth-order valence-electron chi connectivity index (χ4n) is 3.97. The van der Waals surface area contributed by atoms with Gasteiger partial charge in [0, 0.05) is 30.8 Å². The van der Waals surface area contributed by atoms with Gasteiger partial charge in [-0.2, -0.15) is 0 Å². The monoisotopic (exact) mass is 538 g/mol. The van der Waals surface area contributed by atoms with Gasteiger partial charge in [-0.05, 0) is 26.2 Å². The number of aryl methyl sites for hydroxylation is 1. The number of aliphatic hydroxyl groups excluding tert-OH is 1. The van der Waals surface area contributed by atoms with E-state index in [9.17, 15) is 19.3 Å². The molecule has 1 aromatic heterocycles. The van der Waals surface area contributed by atoms with Crippen LogP contribution in [-0.4, -0.2) is 85.6 Å². The summed E-state index contributed by atoms with van der Waals surface area (Å²) in [6.45, 7) is 6.44. The lowest BCUT2D eigenvalue weighted by atomic mass is 9.96. The van der Waals surface area contributed by atoms with Crippen LogP contribution in [0, 0.1) is 6.92 Å². The number of nitrogens with zero attached hydrogens (tertiary/aromatic N) is 1. The molecule has 34 heavy (non-hydrogen) atoms. The van der Waals surface area contributed by atoms with Gasteiger partial charge in [0.2, 0.25) is 0 Å². The fourth-order valence-corrected chi connectivity index (χ4v) is 6.44. The van der Waals surface area contributed by atoms with Crippen LogP contribution in [0.2, 0.25) is 0 Å². The Morgan fingerprint density at radius 1 is 1.24 bits per heavy atom. The average Bonchev–Trinajstić information content (AvgIpc) is 3.30. The van der Waals surface area contributed by atoms with Crippen molar-refractivity contribution in [2.45, 2.75) is 63.3 Å². The lowest BCUT2D eigenvalue weighted by Crippen LogP contribution is -2.33. The van der Waals surface area contributed by atoms with E-state index in [4.69, 9.17) is 34.9 Å². The second-order valence-corrected chi connectivity index (χ2v) is 16.1. The lowest BCUT2D eigenvalue weighted by Gasteiger charge is -2.26. The summed E-state index contributed by atoms with van der Waals surface area (Å²) < 4.78 is 43.5. The Morgan fingerprint density at radius 3 is 2.56 bits per heavy atom. The van der Waals surface area contributed by atoms with E-state index in [1.54, 1.807) is 6.92 Å². The molecule has 0 spiro atoms. The van der Waals surface area contributed by atoms with E-state index in [0.29, 0.717) is 12.0 Å². The summed E-state index contributed by atoms with van der Waals surface area (Å²) in [5, 5.41) is 9.74. The maximum absolute atomic E-state index is 13.1. The Kier molecular flexibility index (Phi) is 9.21. The molecule has 8 unspecified atom stereocenters. The van der Waals surface area contributed by atoms with Crippen molar-refractivity contribution < 1.29 is 32.7 Å². The number of H-pyrrole nitrogens is 1. The van der Waals surface area contributed by atoms with E-state index in [1.807, 2.05) is 21.4 Å². The van der Waals surface area contributed by atoms with Crippen LogP contribution in [0.15, 0.2) is 15.8 Å². The number of hydrogen-bond acceptors (Lipinski definition) is 10. The van der Waals surface area contributed by atoms with Crippen molar-refractivity contribution in [3.63, 3.8) is 0 Å². The van der Waals surface area contributed by atoms with Gasteiger partial charge >= 0.3 is 13.3 Å². The van der Waals surface area contributed by atoms with E-state index in [0.717, 1.165) is 6.16 Å². The van der Waals surface area contributed by atoms with Gasteiger partial charge in [-0.25, -0.2) is 4.79 Å². The number of aromatic amines is 1. The number of aromatic nitrogens is 2. The van der Waals surface area contributed by atoms with Gasteiger partial charge in [-0.3, -0.25) is 18.9 Å². The first-order valence-electron chi connectivity index (χ1n) is 11.2. The van der Waals surface area contributed by atoms with Crippen LogP contribution in [-0.2, 0) is 39.4 Å². The van der Waals surface area contributed by atoms with Crippen molar-refractivity contribution in [1.29, 1.82) is 0 Å². The summed E-state index contributed by atoms with van der Waals surface area (Å²) in [4.78, 5) is 26.1. The molecular weight excluding hydrogens is 505 g/mol. The van der Waals surface area contributed by atoms with Crippen molar-refractivity contribution in [2.75, 3.05) is 32.7 Å². The van der Waals surface area contributed by atoms with Crippen molar-refractivity contribution >= 4 is 33.5 Å². The molecule has 2 saturated heterocycles. The average molecular weight is 538 g/mol. The highest BCUT2D eigenvalue weighted by Gasteiger charge is 2.42. The Hall–Kier alpha value is -0.615. The van der Waals surface area contributed by atoms with Gasteiger partial charge in [0.1, 0.15) is 26.3 Å². The quantitative estimate of drug-likeness (QED) is 0.321. The van der Waals surface area contributed by atoms with Gasteiger partial charge in [0.05, 0.1) is 31.7 Å². The first kappa shape index (κ1) is 28.0. The Balaban J connectivity index is 1.64. The van der Waals surface area contributed by atoms with E-state index in [-0.39, 0.29) is 25.1 Å². The molecule has 8 atom stereocenters. The maximum atomic E-state index is 13.1. The third-order valence-corrected chi connectivity index (χ3v) is 10.1. The van der Waals surface area contributed by atoms with Gasteiger partial charge in [-0.15, -0.1) is 0 Å². The molecule has 1 aromatic rings. The predicted octanol–water partition coefficient (Wildman–Crippen LogP) is 0.527. The molecule has 3 heterocycles. The minimum absolute atomic E-state index is 0.00119. The normalized spacial score (nSPS) is 33.0. The van der Waals surface area contributed by atoms with E-state index in [2.05, 4.69) is 4.98 Å². The minimum atomic E-state index is -3.59. The van der Waals surface area contributed by atoms with Crippen LogP contribution in [0.5, 0.6) is 0 Å². The summed E-state index contributed by atoms with van der Waals surface area (Å²) in [5.41, 5.74) is -0.794. The summed E-state index contributed by atoms with van der Waals surface area (Å²) in [6.07, 6.45) is -2.06. The molecule has 192 valence electrons. The second-order valence-electron chi connectivity index (χ2n) is 8.93. The molecule has 15 heteroatoms. The molecule has 0 radical (unpaired) electrons. The first-order valence-corrected chi connectivity index (χ1v) is 16.6. The van der Waals surface area contributed by atoms with E-state index in [1.165, 1.54) is 17.4 Å².